The minimum atomic E-state index is 0. The van der Waals surface area contributed by atoms with Gasteiger partial charge in [0.25, 0.3) is 0 Å². The van der Waals surface area contributed by atoms with Crippen LogP contribution in [0.15, 0.2) is 17.8 Å². The Labute approximate surface area is 115 Å². The fourth-order valence-corrected chi connectivity index (χ4v) is 2.12. The molecule has 2 rings (SSSR count). The molecular formula is C14H25N3S. The van der Waals surface area contributed by atoms with Gasteiger partial charge in [0.2, 0.25) is 0 Å². The lowest BCUT2D eigenvalue weighted by Gasteiger charge is -1.99. The van der Waals surface area contributed by atoms with Gasteiger partial charge >= 0.3 is 0 Å². The van der Waals surface area contributed by atoms with Gasteiger partial charge in [0.05, 0.1) is 11.2 Å². The van der Waals surface area contributed by atoms with Gasteiger partial charge in [-0.2, -0.15) is 5.10 Å². The maximum Gasteiger partial charge on any atom is 0.0950 e. The van der Waals surface area contributed by atoms with E-state index in [0.717, 1.165) is 0 Å². The molecule has 0 aliphatic rings. The number of rotatable bonds is 2. The van der Waals surface area contributed by atoms with Gasteiger partial charge in [0.1, 0.15) is 0 Å². The first-order chi connectivity index (χ1) is 8.02. The van der Waals surface area contributed by atoms with Crippen molar-refractivity contribution >= 4 is 11.3 Å². The molecule has 0 unspecified atom stereocenters. The van der Waals surface area contributed by atoms with E-state index < -0.39 is 0 Å². The smallest absolute Gasteiger partial charge is 0.0950 e. The van der Waals surface area contributed by atoms with Crippen LogP contribution in [-0.2, 0) is 0 Å². The first-order valence-electron chi connectivity index (χ1n) is 5.91. The minimum absolute atomic E-state index is 0. The van der Waals surface area contributed by atoms with Crippen molar-refractivity contribution in [2.45, 2.75) is 53.9 Å². The summed E-state index contributed by atoms with van der Waals surface area (Å²) in [6.45, 7) is 10.7. The van der Waals surface area contributed by atoms with Crippen molar-refractivity contribution in [3.8, 4) is 0 Å². The Bertz CT molecular complexity index is 416. The van der Waals surface area contributed by atoms with Crippen LogP contribution >= 0.6 is 11.3 Å². The Balaban J connectivity index is 0.000000306. The van der Waals surface area contributed by atoms with E-state index in [1.165, 1.54) is 16.3 Å². The molecule has 0 aliphatic heterocycles. The predicted molar refractivity (Wildman–Crippen MR) is 80.3 cm³/mol. The standard InChI is InChI=1S/C7H12N2.C6H9NS.CH4/c1-5(2)7-6(3)4-8-9-7;1-5(2)6-7-3-4-8-6;/h4-5H,1-3H3,(H,8,9);3-5H,1-2H3;1H4. The second-order valence-electron chi connectivity index (χ2n) is 4.65. The molecule has 1 N–H and O–H groups in total. The van der Waals surface area contributed by atoms with Crippen LogP contribution in [0.3, 0.4) is 0 Å². The Morgan fingerprint density at radius 3 is 2.06 bits per heavy atom. The summed E-state index contributed by atoms with van der Waals surface area (Å²) in [6, 6.07) is 0. The second-order valence-corrected chi connectivity index (χ2v) is 5.57. The molecule has 18 heavy (non-hydrogen) atoms. The van der Waals surface area contributed by atoms with Crippen molar-refractivity contribution < 1.29 is 0 Å². The van der Waals surface area contributed by atoms with Crippen LogP contribution < -0.4 is 0 Å². The number of aryl methyl sites for hydroxylation is 1. The normalized spacial score (nSPS) is 9.94. The van der Waals surface area contributed by atoms with Gasteiger partial charge in [-0.3, -0.25) is 5.10 Å². The SMILES string of the molecule is C.CC(C)c1nccs1.Cc1cn[nH]c1C(C)C. The Morgan fingerprint density at radius 1 is 1.17 bits per heavy atom. The maximum atomic E-state index is 4.13. The summed E-state index contributed by atoms with van der Waals surface area (Å²) in [5.41, 5.74) is 2.50. The molecule has 0 fully saturated rings. The molecule has 0 spiro atoms. The number of nitrogens with one attached hydrogen (secondary N) is 1. The van der Waals surface area contributed by atoms with Crippen molar-refractivity contribution in [1.29, 1.82) is 0 Å². The zero-order valence-corrected chi connectivity index (χ0v) is 12.0. The van der Waals surface area contributed by atoms with Gasteiger partial charge < -0.3 is 0 Å². The highest BCUT2D eigenvalue weighted by molar-refractivity contribution is 7.09. The van der Waals surface area contributed by atoms with E-state index in [4.69, 9.17) is 0 Å². The number of aromatic nitrogens is 3. The first-order valence-corrected chi connectivity index (χ1v) is 6.79. The molecule has 2 aromatic heterocycles. The summed E-state index contributed by atoms with van der Waals surface area (Å²) in [5.74, 6) is 1.16. The third-order valence-corrected chi connectivity index (χ3v) is 3.47. The van der Waals surface area contributed by atoms with E-state index in [1.54, 1.807) is 11.3 Å². The van der Waals surface area contributed by atoms with E-state index in [9.17, 15) is 0 Å². The van der Waals surface area contributed by atoms with E-state index >= 15 is 0 Å². The maximum absolute atomic E-state index is 4.13. The monoisotopic (exact) mass is 267 g/mol. The average Bonchev–Trinajstić information content (AvgIpc) is 2.87. The van der Waals surface area contributed by atoms with Crippen LogP contribution in [0.25, 0.3) is 0 Å². The number of thiazole rings is 1. The molecule has 0 amide bonds. The van der Waals surface area contributed by atoms with Crippen LogP contribution in [0.1, 0.15) is 63.2 Å². The van der Waals surface area contributed by atoms with E-state index in [0.29, 0.717) is 11.8 Å². The highest BCUT2D eigenvalue weighted by Crippen LogP contribution is 2.15. The van der Waals surface area contributed by atoms with Crippen LogP contribution in [0.2, 0.25) is 0 Å². The molecule has 0 aromatic carbocycles. The van der Waals surface area contributed by atoms with Crippen LogP contribution in [0.5, 0.6) is 0 Å². The summed E-state index contributed by atoms with van der Waals surface area (Å²) in [7, 11) is 0. The van der Waals surface area contributed by atoms with Gasteiger partial charge in [0, 0.05) is 23.2 Å². The van der Waals surface area contributed by atoms with Crippen LogP contribution in [0, 0.1) is 6.92 Å². The quantitative estimate of drug-likeness (QED) is 0.853. The third-order valence-electron chi connectivity index (χ3n) is 2.39. The molecule has 0 bridgehead atoms. The highest BCUT2D eigenvalue weighted by Gasteiger charge is 2.02. The second kappa shape index (κ2) is 8.03. The molecule has 2 aromatic rings. The summed E-state index contributed by atoms with van der Waals surface area (Å²) in [6.07, 6.45) is 3.70. The largest absolute Gasteiger partial charge is 0.282 e. The van der Waals surface area contributed by atoms with Crippen molar-refractivity contribution in [3.05, 3.63) is 34.0 Å². The third kappa shape index (κ3) is 5.00. The Kier molecular flexibility index (Phi) is 7.51. The number of H-pyrrole nitrogens is 1. The van der Waals surface area contributed by atoms with Crippen molar-refractivity contribution in [2.24, 2.45) is 0 Å². The average molecular weight is 267 g/mol. The van der Waals surface area contributed by atoms with E-state index in [-0.39, 0.29) is 7.43 Å². The Morgan fingerprint density at radius 2 is 1.83 bits per heavy atom. The number of aromatic amines is 1. The van der Waals surface area contributed by atoms with Crippen LogP contribution in [0.4, 0.5) is 0 Å². The molecule has 0 radical (unpaired) electrons. The number of nitrogens with zero attached hydrogens (tertiary/aromatic N) is 2. The van der Waals surface area contributed by atoms with E-state index in [1.807, 2.05) is 17.8 Å². The summed E-state index contributed by atoms with van der Waals surface area (Å²) < 4.78 is 0. The lowest BCUT2D eigenvalue weighted by molar-refractivity contribution is 0.804. The molecule has 102 valence electrons. The zero-order chi connectivity index (χ0) is 12.8. The van der Waals surface area contributed by atoms with Crippen molar-refractivity contribution in [3.63, 3.8) is 0 Å². The number of hydrogen-bond acceptors (Lipinski definition) is 3. The molecule has 3 nitrogen and oxygen atoms in total. The van der Waals surface area contributed by atoms with Gasteiger partial charge in [-0.05, 0) is 18.4 Å². The number of hydrogen-bond donors (Lipinski definition) is 1. The molecular weight excluding hydrogens is 242 g/mol. The van der Waals surface area contributed by atoms with Crippen molar-refractivity contribution in [1.82, 2.24) is 15.2 Å². The predicted octanol–water partition coefficient (Wildman–Crippen LogP) is 4.74. The van der Waals surface area contributed by atoms with Gasteiger partial charge in [-0.15, -0.1) is 11.3 Å². The lowest BCUT2D eigenvalue weighted by atomic mass is 10.1. The van der Waals surface area contributed by atoms with Gasteiger partial charge in [0.15, 0.2) is 0 Å². The summed E-state index contributed by atoms with van der Waals surface area (Å²) >= 11 is 1.72. The van der Waals surface area contributed by atoms with Crippen LogP contribution in [-0.4, -0.2) is 15.2 Å². The first kappa shape index (κ1) is 16.8. The minimum Gasteiger partial charge on any atom is -0.282 e. The highest BCUT2D eigenvalue weighted by atomic mass is 32.1. The fraction of sp³-hybridized carbons (Fsp3) is 0.571. The van der Waals surface area contributed by atoms with Gasteiger partial charge in [-0.1, -0.05) is 35.1 Å². The molecule has 0 atom stereocenters. The molecule has 4 heteroatoms. The molecule has 0 saturated carbocycles. The molecule has 0 saturated heterocycles. The van der Waals surface area contributed by atoms with Crippen molar-refractivity contribution in [2.75, 3.05) is 0 Å². The van der Waals surface area contributed by atoms with Gasteiger partial charge in [-0.25, -0.2) is 4.98 Å². The molecule has 2 heterocycles. The zero-order valence-electron chi connectivity index (χ0n) is 11.2. The molecule has 0 aliphatic carbocycles. The lowest BCUT2D eigenvalue weighted by Crippen LogP contribution is -1.89. The Hall–Kier alpha value is -1.16. The van der Waals surface area contributed by atoms with E-state index in [2.05, 4.69) is 49.8 Å². The summed E-state index contributed by atoms with van der Waals surface area (Å²) in [5, 5.41) is 10.1. The topological polar surface area (TPSA) is 41.6 Å². The fourth-order valence-electron chi connectivity index (χ4n) is 1.46. The summed E-state index contributed by atoms with van der Waals surface area (Å²) in [4.78, 5) is 4.13.